The van der Waals surface area contributed by atoms with Crippen molar-refractivity contribution < 1.29 is 42.1 Å². The number of aliphatic carboxylic acids is 1. The lowest BCUT2D eigenvalue weighted by molar-refractivity contribution is -0.157. The molecule has 8 nitrogen and oxygen atoms in total. The number of alkyl carbamates (subject to hydrolysis) is 1. The molecule has 0 aliphatic heterocycles. The summed E-state index contributed by atoms with van der Waals surface area (Å²) in [4.78, 5) is 35.2. The van der Waals surface area contributed by atoms with Crippen LogP contribution in [-0.4, -0.2) is 61.7 Å². The van der Waals surface area contributed by atoms with Crippen molar-refractivity contribution in [1.82, 2.24) is 10.6 Å². The van der Waals surface area contributed by atoms with Crippen LogP contribution in [0.4, 0.5) is 18.0 Å². The van der Waals surface area contributed by atoms with E-state index in [1.807, 2.05) is 48.5 Å². The maximum absolute atomic E-state index is 13.5. The molecule has 0 fully saturated rings. The number of carboxylic acid groups (broad SMARTS) is 1. The molecular weight excluding hydrogens is 469 g/mol. The second kappa shape index (κ2) is 11.2. The molecule has 0 bridgehead atoms. The number of nitrogens with one attached hydrogen (secondary N) is 2. The average molecular weight is 494 g/mol. The Morgan fingerprint density at radius 2 is 1.57 bits per heavy atom. The van der Waals surface area contributed by atoms with Crippen LogP contribution < -0.4 is 10.6 Å². The lowest BCUT2D eigenvalue weighted by atomic mass is 9.98. The Bertz CT molecular complexity index is 1030. The molecule has 1 aliphatic rings. The molecule has 1 aliphatic carbocycles. The van der Waals surface area contributed by atoms with Crippen LogP contribution in [-0.2, 0) is 19.1 Å². The summed E-state index contributed by atoms with van der Waals surface area (Å²) in [6.07, 6.45) is -7.57. The third-order valence-electron chi connectivity index (χ3n) is 5.66. The molecule has 0 heterocycles. The fourth-order valence-electron chi connectivity index (χ4n) is 3.98. The van der Waals surface area contributed by atoms with Crippen LogP contribution in [0.5, 0.6) is 0 Å². The second-order valence-electron chi connectivity index (χ2n) is 8.02. The van der Waals surface area contributed by atoms with Crippen LogP contribution >= 0.6 is 0 Å². The minimum absolute atomic E-state index is 0.164. The van der Waals surface area contributed by atoms with E-state index >= 15 is 0 Å². The molecule has 0 unspecified atom stereocenters. The van der Waals surface area contributed by atoms with Gasteiger partial charge in [0.2, 0.25) is 5.91 Å². The summed E-state index contributed by atoms with van der Waals surface area (Å²) in [6, 6.07) is 11.3. The first kappa shape index (κ1) is 26.0. The second-order valence-corrected chi connectivity index (χ2v) is 8.02. The predicted molar refractivity (Wildman–Crippen MR) is 119 cm³/mol. The Morgan fingerprint density at radius 1 is 1.00 bits per heavy atom. The highest BCUT2D eigenvalue weighted by molar-refractivity contribution is 5.83. The fourth-order valence-corrected chi connectivity index (χ4v) is 3.98. The van der Waals surface area contributed by atoms with Crippen LogP contribution in [0.3, 0.4) is 0 Å². The van der Waals surface area contributed by atoms with E-state index < -0.39 is 49.1 Å². The molecule has 2 atom stereocenters. The van der Waals surface area contributed by atoms with Gasteiger partial charge in [-0.05, 0) is 28.7 Å². The fraction of sp³-hybridized carbons (Fsp3) is 0.375. The number of methoxy groups -OCH3 is 1. The van der Waals surface area contributed by atoms with Crippen LogP contribution in [0.15, 0.2) is 48.5 Å². The number of rotatable bonds is 10. The Balaban J connectivity index is 1.59. The smallest absolute Gasteiger partial charge is 0.408 e. The van der Waals surface area contributed by atoms with Crippen molar-refractivity contribution in [2.75, 3.05) is 20.3 Å². The number of amides is 2. The van der Waals surface area contributed by atoms with Gasteiger partial charge in [0.25, 0.3) is 0 Å². The van der Waals surface area contributed by atoms with E-state index in [1.165, 1.54) is 7.11 Å². The first-order chi connectivity index (χ1) is 16.6. The van der Waals surface area contributed by atoms with Gasteiger partial charge in [-0.1, -0.05) is 48.5 Å². The first-order valence-electron chi connectivity index (χ1n) is 10.8. The third-order valence-corrected chi connectivity index (χ3v) is 5.66. The molecule has 0 spiro atoms. The number of alkyl halides is 3. The van der Waals surface area contributed by atoms with Gasteiger partial charge in [0.15, 0.2) is 6.04 Å². The van der Waals surface area contributed by atoms with E-state index in [-0.39, 0.29) is 19.1 Å². The van der Waals surface area contributed by atoms with Gasteiger partial charge in [-0.15, -0.1) is 0 Å². The van der Waals surface area contributed by atoms with E-state index in [2.05, 4.69) is 10.1 Å². The molecule has 0 radical (unpaired) electrons. The summed E-state index contributed by atoms with van der Waals surface area (Å²) >= 11 is 0. The normalized spacial score (nSPS) is 14.4. The maximum atomic E-state index is 13.5. The van der Waals surface area contributed by atoms with Crippen molar-refractivity contribution >= 4 is 18.0 Å². The molecule has 2 aromatic carbocycles. The molecular formula is C24H25F3N2O6. The van der Waals surface area contributed by atoms with E-state index in [0.29, 0.717) is 0 Å². The zero-order valence-electron chi connectivity index (χ0n) is 18.8. The highest BCUT2D eigenvalue weighted by Gasteiger charge is 2.41. The molecule has 11 heteroatoms. The van der Waals surface area contributed by atoms with Crippen LogP contribution in [0.25, 0.3) is 11.1 Å². The molecule has 0 aromatic heterocycles. The number of hydrogen-bond donors (Lipinski definition) is 3. The molecule has 2 amide bonds. The molecule has 0 saturated carbocycles. The summed E-state index contributed by atoms with van der Waals surface area (Å²) in [5.41, 5.74) is 3.78. The van der Waals surface area contributed by atoms with E-state index in [0.717, 1.165) is 22.3 Å². The van der Waals surface area contributed by atoms with Gasteiger partial charge in [-0.25, -0.2) is 9.59 Å². The van der Waals surface area contributed by atoms with Crippen LogP contribution in [0, 0.1) is 0 Å². The van der Waals surface area contributed by atoms with Gasteiger partial charge in [0, 0.05) is 19.4 Å². The Hall–Kier alpha value is -3.60. The Kier molecular flexibility index (Phi) is 8.34. The minimum atomic E-state index is -4.84. The van der Waals surface area contributed by atoms with E-state index in [1.54, 1.807) is 5.32 Å². The Labute approximate surface area is 199 Å². The quantitative estimate of drug-likeness (QED) is 0.466. The first-order valence-corrected chi connectivity index (χ1v) is 10.8. The SMILES string of the molecule is COC[C@H](NC(=O)CC[C@H](NC(=O)OCC1c2ccccc2-c2ccccc21)C(F)(F)F)C(=O)O. The average Bonchev–Trinajstić information content (AvgIpc) is 3.13. The number of hydrogen-bond acceptors (Lipinski definition) is 5. The predicted octanol–water partition coefficient (Wildman–Crippen LogP) is 3.45. The van der Waals surface area contributed by atoms with Crippen molar-refractivity contribution in [3.8, 4) is 11.1 Å². The number of carbonyl (C=O) groups excluding carboxylic acids is 2. The van der Waals surface area contributed by atoms with Crippen molar-refractivity contribution in [2.45, 2.75) is 37.0 Å². The maximum Gasteiger partial charge on any atom is 0.408 e. The van der Waals surface area contributed by atoms with Gasteiger partial charge in [0.05, 0.1) is 6.61 Å². The molecule has 188 valence electrons. The number of fused-ring (bicyclic) bond motifs is 3. The van der Waals surface area contributed by atoms with Crippen LogP contribution in [0.2, 0.25) is 0 Å². The standard InChI is InChI=1S/C24H25F3N2O6/c1-34-13-19(22(31)32)28-21(30)11-10-20(24(25,26)27)29-23(33)35-12-18-16-8-4-2-6-14(16)15-7-3-5-9-17(15)18/h2-9,18-20H,10-13H2,1H3,(H,28,30)(H,29,33)(H,31,32)/t19-,20-/m0/s1. The molecule has 35 heavy (non-hydrogen) atoms. The minimum Gasteiger partial charge on any atom is -0.480 e. The topological polar surface area (TPSA) is 114 Å². The van der Waals surface area contributed by atoms with Gasteiger partial charge >= 0.3 is 18.2 Å². The van der Waals surface area contributed by atoms with Gasteiger partial charge in [-0.2, -0.15) is 13.2 Å². The molecule has 3 N–H and O–H groups in total. The van der Waals surface area contributed by atoms with Crippen molar-refractivity contribution in [2.24, 2.45) is 0 Å². The summed E-state index contributed by atoms with van der Waals surface area (Å²) in [5.74, 6) is -2.63. The van der Waals surface area contributed by atoms with Gasteiger partial charge < -0.3 is 25.2 Å². The van der Waals surface area contributed by atoms with Gasteiger partial charge in [0.1, 0.15) is 12.6 Å². The summed E-state index contributed by atoms with van der Waals surface area (Å²) in [7, 11) is 1.22. The summed E-state index contributed by atoms with van der Waals surface area (Å²) in [6.45, 7) is -0.510. The zero-order valence-corrected chi connectivity index (χ0v) is 18.8. The molecule has 2 aromatic rings. The number of carbonyl (C=O) groups is 3. The summed E-state index contributed by atoms with van der Waals surface area (Å²) in [5, 5.41) is 12.9. The van der Waals surface area contributed by atoms with E-state index in [9.17, 15) is 27.6 Å². The lowest BCUT2D eigenvalue weighted by Crippen LogP contribution is -2.47. The summed E-state index contributed by atoms with van der Waals surface area (Å²) < 4.78 is 50.2. The monoisotopic (exact) mass is 494 g/mol. The van der Waals surface area contributed by atoms with Crippen molar-refractivity contribution in [3.05, 3.63) is 59.7 Å². The zero-order chi connectivity index (χ0) is 25.6. The molecule has 3 rings (SSSR count). The Morgan fingerprint density at radius 3 is 2.09 bits per heavy atom. The molecule has 0 saturated heterocycles. The largest absolute Gasteiger partial charge is 0.480 e. The number of ether oxygens (including phenoxy) is 2. The van der Waals surface area contributed by atoms with Crippen LogP contribution in [0.1, 0.15) is 29.9 Å². The van der Waals surface area contributed by atoms with Crippen molar-refractivity contribution in [1.29, 1.82) is 0 Å². The lowest BCUT2D eigenvalue weighted by Gasteiger charge is -2.22. The van der Waals surface area contributed by atoms with Crippen molar-refractivity contribution in [3.63, 3.8) is 0 Å². The highest BCUT2D eigenvalue weighted by atomic mass is 19.4. The van der Waals surface area contributed by atoms with Gasteiger partial charge in [-0.3, -0.25) is 4.79 Å². The third kappa shape index (κ3) is 6.50. The number of benzene rings is 2. The number of halogens is 3. The highest BCUT2D eigenvalue weighted by Crippen LogP contribution is 2.44. The van der Waals surface area contributed by atoms with E-state index in [4.69, 9.17) is 9.84 Å². The number of carboxylic acids is 1.